The third kappa shape index (κ3) is 16.2. The highest BCUT2D eigenvalue weighted by atomic mass is 16.8. The number of carbonyl (C=O) groups excluding carboxylic acids is 3. The average Bonchev–Trinajstić information content (AvgIpc) is 3.65. The molecule has 1 fully saturated rings. The Bertz CT molecular complexity index is 1470. The van der Waals surface area contributed by atoms with Crippen molar-refractivity contribution < 1.29 is 47.9 Å². The van der Waals surface area contributed by atoms with Gasteiger partial charge in [0, 0.05) is 12.8 Å². The zero-order valence-electron chi connectivity index (χ0n) is 36.3. The molecule has 322 valence electrons. The van der Waals surface area contributed by atoms with E-state index < -0.39 is 41.5 Å². The third-order valence-electron chi connectivity index (χ3n) is 11.8. The number of fused-ring (bicyclic) bond motifs is 1. The fourth-order valence-corrected chi connectivity index (χ4v) is 8.22. The minimum atomic E-state index is -1.05. The number of unbranched alkanes of at least 4 members (excludes halogenated alkanes) is 7. The van der Waals surface area contributed by atoms with Crippen molar-refractivity contribution in [2.45, 2.75) is 207 Å². The highest BCUT2D eigenvalue weighted by molar-refractivity contribution is 5.92. The van der Waals surface area contributed by atoms with E-state index in [9.17, 15) is 19.5 Å². The van der Waals surface area contributed by atoms with Crippen molar-refractivity contribution in [1.82, 2.24) is 0 Å². The molecule has 0 amide bonds. The quantitative estimate of drug-likeness (QED) is 0.0549. The Morgan fingerprint density at radius 1 is 0.789 bits per heavy atom. The standard InChI is InChI=1S/C47H74O10/c1-33(2)19-16-20-34(3)21-17-22-35(4)23-18-29-47(7)30-28-36-31-37(26-27-38(36)57-47)53-40(48)24-14-12-10-8-9-11-13-15-25-41(49)54-44-42(50)43(55-45(44)51)39-32-52-46(5,6)56-39/h26-27,31,33-35,39,43,50H,8-25,28-30,32H2,1-7H3/t34-,35-,39?,43-,47-/m1/s1. The zero-order valence-corrected chi connectivity index (χ0v) is 36.3. The Hall–Kier alpha value is -3.11. The second-order valence-corrected chi connectivity index (χ2v) is 18.4. The highest BCUT2D eigenvalue weighted by Gasteiger charge is 2.47. The number of carbonyl (C=O) groups is 3. The molecule has 3 aliphatic rings. The zero-order chi connectivity index (χ0) is 41.4. The topological polar surface area (TPSA) is 127 Å². The Labute approximate surface area is 343 Å². The lowest BCUT2D eigenvalue weighted by atomic mass is 9.86. The fourth-order valence-electron chi connectivity index (χ4n) is 8.22. The van der Waals surface area contributed by atoms with E-state index in [0.29, 0.717) is 18.6 Å². The van der Waals surface area contributed by atoms with E-state index in [1.165, 1.54) is 51.4 Å². The van der Waals surface area contributed by atoms with Crippen molar-refractivity contribution in [2.24, 2.45) is 17.8 Å². The number of rotatable bonds is 26. The Morgan fingerprint density at radius 3 is 1.96 bits per heavy atom. The van der Waals surface area contributed by atoms with Gasteiger partial charge in [0.25, 0.3) is 5.76 Å². The molecule has 57 heavy (non-hydrogen) atoms. The number of cyclic esters (lactones) is 1. The van der Waals surface area contributed by atoms with Gasteiger partial charge in [0.1, 0.15) is 23.2 Å². The normalized spacial score (nSPS) is 22.6. The van der Waals surface area contributed by atoms with Crippen LogP contribution in [0, 0.1) is 17.8 Å². The van der Waals surface area contributed by atoms with Crippen molar-refractivity contribution in [2.75, 3.05) is 6.61 Å². The minimum Gasteiger partial charge on any atom is -0.505 e. The van der Waals surface area contributed by atoms with Gasteiger partial charge in [-0.05, 0) is 101 Å². The second-order valence-electron chi connectivity index (χ2n) is 18.4. The summed E-state index contributed by atoms with van der Waals surface area (Å²) in [7, 11) is 0. The Balaban J connectivity index is 0.999. The van der Waals surface area contributed by atoms with Crippen LogP contribution in [-0.2, 0) is 39.8 Å². The summed E-state index contributed by atoms with van der Waals surface area (Å²) in [5.41, 5.74) is 0.968. The van der Waals surface area contributed by atoms with Crippen LogP contribution in [-0.4, -0.2) is 53.2 Å². The van der Waals surface area contributed by atoms with Crippen LogP contribution in [0.3, 0.4) is 0 Å². The summed E-state index contributed by atoms with van der Waals surface area (Å²) < 4.78 is 33.7. The van der Waals surface area contributed by atoms with Crippen LogP contribution < -0.4 is 9.47 Å². The van der Waals surface area contributed by atoms with E-state index in [1.807, 2.05) is 18.2 Å². The van der Waals surface area contributed by atoms with E-state index in [4.69, 9.17) is 28.4 Å². The van der Waals surface area contributed by atoms with E-state index >= 15 is 0 Å². The van der Waals surface area contributed by atoms with Gasteiger partial charge in [-0.2, -0.15) is 0 Å². The largest absolute Gasteiger partial charge is 0.505 e. The molecule has 3 heterocycles. The van der Waals surface area contributed by atoms with Crippen LogP contribution in [0.5, 0.6) is 11.5 Å². The molecule has 1 N–H and O–H groups in total. The van der Waals surface area contributed by atoms with Crippen LogP contribution in [0.2, 0.25) is 0 Å². The number of ether oxygens (including phenoxy) is 6. The molecule has 0 saturated carbocycles. The summed E-state index contributed by atoms with van der Waals surface area (Å²) in [6.45, 7) is 15.3. The van der Waals surface area contributed by atoms with Gasteiger partial charge in [0.2, 0.25) is 0 Å². The van der Waals surface area contributed by atoms with Gasteiger partial charge in [-0.25, -0.2) is 4.79 Å². The van der Waals surface area contributed by atoms with E-state index in [-0.39, 0.29) is 24.6 Å². The summed E-state index contributed by atoms with van der Waals surface area (Å²) in [5.74, 6) is 0.516. The van der Waals surface area contributed by atoms with Gasteiger partial charge in [-0.15, -0.1) is 0 Å². The first-order chi connectivity index (χ1) is 27.1. The number of aryl methyl sites for hydroxylation is 1. The van der Waals surface area contributed by atoms with Crippen LogP contribution in [0.25, 0.3) is 0 Å². The van der Waals surface area contributed by atoms with Crippen molar-refractivity contribution in [1.29, 1.82) is 0 Å². The molecule has 1 aromatic rings. The van der Waals surface area contributed by atoms with Crippen LogP contribution in [0.4, 0.5) is 0 Å². The van der Waals surface area contributed by atoms with Crippen LogP contribution >= 0.6 is 0 Å². The molecule has 3 aliphatic heterocycles. The molecule has 0 aromatic heterocycles. The molecule has 1 aromatic carbocycles. The van der Waals surface area contributed by atoms with Crippen LogP contribution in [0.15, 0.2) is 29.7 Å². The molecule has 0 spiro atoms. The summed E-state index contributed by atoms with van der Waals surface area (Å²) >= 11 is 0. The Kier molecular flexibility index (Phi) is 18.7. The third-order valence-corrected chi connectivity index (χ3v) is 11.8. The van der Waals surface area contributed by atoms with Crippen molar-refractivity contribution in [3.8, 4) is 11.5 Å². The molecule has 0 bridgehead atoms. The molecule has 10 nitrogen and oxygen atoms in total. The number of aliphatic hydroxyl groups is 1. The SMILES string of the molecule is CC(C)CCC[C@@H](C)CCC[C@@H](C)CCC[C@]1(C)CCc2cc(OC(=O)CCCCCCCCCCC(=O)OC3=C(O)[C@@H](C4COC(C)(C)O4)OC3=O)ccc2O1. The van der Waals surface area contributed by atoms with Crippen molar-refractivity contribution >= 4 is 17.9 Å². The summed E-state index contributed by atoms with van der Waals surface area (Å²) in [4.78, 5) is 37.1. The predicted molar refractivity (Wildman–Crippen MR) is 221 cm³/mol. The lowest BCUT2D eigenvalue weighted by Crippen LogP contribution is -2.36. The van der Waals surface area contributed by atoms with Crippen molar-refractivity contribution in [3.05, 3.63) is 35.3 Å². The number of esters is 3. The fraction of sp³-hybridized carbons (Fsp3) is 0.766. The maximum Gasteiger partial charge on any atom is 0.378 e. The van der Waals surface area contributed by atoms with E-state index in [2.05, 4.69) is 34.6 Å². The van der Waals surface area contributed by atoms with E-state index in [1.54, 1.807) is 13.8 Å². The van der Waals surface area contributed by atoms with Crippen LogP contribution in [0.1, 0.15) is 182 Å². The number of hydrogen-bond donors (Lipinski definition) is 1. The Morgan fingerprint density at radius 2 is 1.37 bits per heavy atom. The molecule has 4 rings (SSSR count). The number of aliphatic hydroxyl groups excluding tert-OH is 1. The molecular formula is C47H74O10. The molecule has 1 saturated heterocycles. The molecule has 5 atom stereocenters. The first kappa shape index (κ1) is 46.6. The first-order valence-corrected chi connectivity index (χ1v) is 22.3. The molecule has 0 aliphatic carbocycles. The lowest BCUT2D eigenvalue weighted by molar-refractivity contribution is -0.164. The highest BCUT2D eigenvalue weighted by Crippen LogP contribution is 2.38. The predicted octanol–water partition coefficient (Wildman–Crippen LogP) is 11.4. The minimum absolute atomic E-state index is 0.141. The maximum absolute atomic E-state index is 12.6. The molecule has 10 heteroatoms. The smallest absolute Gasteiger partial charge is 0.378 e. The molecule has 1 unspecified atom stereocenters. The van der Waals surface area contributed by atoms with E-state index in [0.717, 1.165) is 93.3 Å². The average molecular weight is 799 g/mol. The van der Waals surface area contributed by atoms with Gasteiger partial charge < -0.3 is 33.5 Å². The van der Waals surface area contributed by atoms with Gasteiger partial charge in [-0.1, -0.05) is 111 Å². The first-order valence-electron chi connectivity index (χ1n) is 22.3. The second kappa shape index (κ2) is 22.9. The summed E-state index contributed by atoms with van der Waals surface area (Å²) in [6, 6.07) is 5.80. The maximum atomic E-state index is 12.6. The van der Waals surface area contributed by atoms with Gasteiger partial charge in [-0.3, -0.25) is 9.59 Å². The van der Waals surface area contributed by atoms with Crippen molar-refractivity contribution in [3.63, 3.8) is 0 Å². The number of hydrogen-bond acceptors (Lipinski definition) is 10. The summed E-state index contributed by atoms with van der Waals surface area (Å²) in [6.07, 6.45) is 19.6. The van der Waals surface area contributed by atoms with Gasteiger partial charge >= 0.3 is 17.9 Å². The molecular weight excluding hydrogens is 725 g/mol. The lowest BCUT2D eigenvalue weighted by Gasteiger charge is -2.36. The van der Waals surface area contributed by atoms with Gasteiger partial charge in [0.05, 0.1) is 6.61 Å². The van der Waals surface area contributed by atoms with Gasteiger partial charge in [0.15, 0.2) is 17.7 Å². The molecule has 0 radical (unpaired) electrons. The summed E-state index contributed by atoms with van der Waals surface area (Å²) in [5, 5.41) is 10.4. The number of benzene rings is 1. The monoisotopic (exact) mass is 799 g/mol.